The third kappa shape index (κ3) is 5.74. The minimum atomic E-state index is -0.139. The van der Waals surface area contributed by atoms with Crippen LogP contribution in [0.2, 0.25) is 0 Å². The standard InChI is InChI=1S/C17H27NO2/c1-5-11-18(13-17(19)20-6-2)12-15-7-9-16(10-8-15)14(3)4/h7-10,14H,5-6,11-13H2,1-4H3. The van der Waals surface area contributed by atoms with Crippen LogP contribution in [0.5, 0.6) is 0 Å². The molecule has 3 nitrogen and oxygen atoms in total. The highest BCUT2D eigenvalue weighted by Gasteiger charge is 2.11. The van der Waals surface area contributed by atoms with Crippen LogP contribution in [0, 0.1) is 0 Å². The highest BCUT2D eigenvalue weighted by Crippen LogP contribution is 2.15. The van der Waals surface area contributed by atoms with Crippen molar-refractivity contribution in [2.75, 3.05) is 19.7 Å². The second-order valence-corrected chi connectivity index (χ2v) is 5.41. The van der Waals surface area contributed by atoms with E-state index < -0.39 is 0 Å². The summed E-state index contributed by atoms with van der Waals surface area (Å²) in [6, 6.07) is 8.66. The predicted octanol–water partition coefficient (Wildman–Crippen LogP) is 3.59. The number of carbonyl (C=O) groups excluding carboxylic acids is 1. The fourth-order valence-corrected chi connectivity index (χ4v) is 2.19. The molecule has 0 atom stereocenters. The van der Waals surface area contributed by atoms with E-state index in [1.807, 2.05) is 6.92 Å². The summed E-state index contributed by atoms with van der Waals surface area (Å²) in [6.45, 7) is 10.9. The summed E-state index contributed by atoms with van der Waals surface area (Å²) < 4.78 is 5.03. The molecule has 0 amide bonds. The molecule has 0 bridgehead atoms. The largest absolute Gasteiger partial charge is 0.465 e. The van der Waals surface area contributed by atoms with Gasteiger partial charge in [0.05, 0.1) is 13.2 Å². The van der Waals surface area contributed by atoms with Crippen LogP contribution in [0.15, 0.2) is 24.3 Å². The first-order valence-electron chi connectivity index (χ1n) is 7.53. The Morgan fingerprint density at radius 3 is 2.35 bits per heavy atom. The molecule has 0 aliphatic rings. The summed E-state index contributed by atoms with van der Waals surface area (Å²) in [6.07, 6.45) is 1.03. The zero-order valence-electron chi connectivity index (χ0n) is 13.2. The Morgan fingerprint density at radius 2 is 1.85 bits per heavy atom. The summed E-state index contributed by atoms with van der Waals surface area (Å²) in [5, 5.41) is 0. The van der Waals surface area contributed by atoms with Gasteiger partial charge >= 0.3 is 5.97 Å². The van der Waals surface area contributed by atoms with Crippen LogP contribution in [0.4, 0.5) is 0 Å². The molecule has 0 saturated carbocycles. The van der Waals surface area contributed by atoms with Crippen molar-refractivity contribution in [3.05, 3.63) is 35.4 Å². The number of nitrogens with zero attached hydrogens (tertiary/aromatic N) is 1. The SMILES string of the molecule is CCCN(CC(=O)OCC)Cc1ccc(C(C)C)cc1. The van der Waals surface area contributed by atoms with E-state index in [2.05, 4.69) is 49.9 Å². The summed E-state index contributed by atoms with van der Waals surface area (Å²) in [5.41, 5.74) is 2.59. The molecule has 0 radical (unpaired) electrons. The van der Waals surface area contributed by atoms with E-state index in [-0.39, 0.29) is 5.97 Å². The molecule has 1 rings (SSSR count). The average Bonchev–Trinajstić information content (AvgIpc) is 2.39. The van der Waals surface area contributed by atoms with Crippen molar-refractivity contribution >= 4 is 5.97 Å². The quantitative estimate of drug-likeness (QED) is 0.680. The number of benzene rings is 1. The van der Waals surface area contributed by atoms with Gasteiger partial charge in [-0.15, -0.1) is 0 Å². The van der Waals surface area contributed by atoms with Gasteiger partial charge in [-0.2, -0.15) is 0 Å². The predicted molar refractivity (Wildman–Crippen MR) is 82.7 cm³/mol. The van der Waals surface area contributed by atoms with Crippen molar-refractivity contribution in [1.82, 2.24) is 4.90 Å². The second-order valence-electron chi connectivity index (χ2n) is 5.41. The first-order valence-corrected chi connectivity index (χ1v) is 7.53. The van der Waals surface area contributed by atoms with Gasteiger partial charge in [-0.1, -0.05) is 45.0 Å². The Balaban J connectivity index is 2.62. The fourth-order valence-electron chi connectivity index (χ4n) is 2.19. The van der Waals surface area contributed by atoms with Gasteiger partial charge in [-0.25, -0.2) is 0 Å². The molecular weight excluding hydrogens is 250 g/mol. The Hall–Kier alpha value is -1.35. The molecule has 20 heavy (non-hydrogen) atoms. The lowest BCUT2D eigenvalue weighted by molar-refractivity contribution is -0.144. The molecule has 0 heterocycles. The number of rotatable bonds is 8. The van der Waals surface area contributed by atoms with Gasteiger partial charge in [0.15, 0.2) is 0 Å². The number of ether oxygens (including phenoxy) is 1. The summed E-state index contributed by atoms with van der Waals surface area (Å²) in [4.78, 5) is 13.7. The second kappa shape index (κ2) is 8.75. The van der Waals surface area contributed by atoms with E-state index >= 15 is 0 Å². The minimum Gasteiger partial charge on any atom is -0.465 e. The molecule has 1 aromatic carbocycles. The van der Waals surface area contributed by atoms with Crippen molar-refractivity contribution in [3.63, 3.8) is 0 Å². The lowest BCUT2D eigenvalue weighted by atomic mass is 10.0. The molecule has 3 heteroatoms. The average molecular weight is 277 g/mol. The maximum absolute atomic E-state index is 11.6. The zero-order valence-corrected chi connectivity index (χ0v) is 13.2. The third-order valence-electron chi connectivity index (χ3n) is 3.25. The van der Waals surface area contributed by atoms with Crippen LogP contribution < -0.4 is 0 Å². The van der Waals surface area contributed by atoms with E-state index in [9.17, 15) is 4.79 Å². The van der Waals surface area contributed by atoms with Crippen molar-refractivity contribution < 1.29 is 9.53 Å². The summed E-state index contributed by atoms with van der Waals surface area (Å²) in [5.74, 6) is 0.412. The van der Waals surface area contributed by atoms with Crippen LogP contribution in [-0.4, -0.2) is 30.6 Å². The molecule has 0 aliphatic carbocycles. The number of esters is 1. The lowest BCUT2D eigenvalue weighted by Gasteiger charge is -2.21. The van der Waals surface area contributed by atoms with Gasteiger partial charge in [0, 0.05) is 6.54 Å². The molecular formula is C17H27NO2. The molecule has 0 saturated heterocycles. The van der Waals surface area contributed by atoms with Crippen LogP contribution in [-0.2, 0) is 16.1 Å². The normalized spacial score (nSPS) is 11.1. The Kier molecular flexibility index (Phi) is 7.31. The zero-order chi connectivity index (χ0) is 15.0. The van der Waals surface area contributed by atoms with Crippen molar-refractivity contribution in [2.24, 2.45) is 0 Å². The number of carbonyl (C=O) groups is 1. The van der Waals surface area contributed by atoms with Gasteiger partial charge in [0.1, 0.15) is 0 Å². The van der Waals surface area contributed by atoms with Crippen LogP contribution in [0.3, 0.4) is 0 Å². The molecule has 0 fully saturated rings. The lowest BCUT2D eigenvalue weighted by Crippen LogP contribution is -2.31. The molecule has 112 valence electrons. The monoisotopic (exact) mass is 277 g/mol. The van der Waals surface area contributed by atoms with Crippen LogP contribution in [0.1, 0.15) is 51.2 Å². The molecule has 1 aromatic rings. The Labute approximate surface area is 122 Å². The van der Waals surface area contributed by atoms with E-state index in [1.54, 1.807) is 0 Å². The first kappa shape index (κ1) is 16.7. The maximum Gasteiger partial charge on any atom is 0.320 e. The molecule has 0 unspecified atom stereocenters. The van der Waals surface area contributed by atoms with Crippen molar-refractivity contribution in [1.29, 1.82) is 0 Å². The number of hydrogen-bond donors (Lipinski definition) is 0. The van der Waals surface area contributed by atoms with Gasteiger partial charge in [0.2, 0.25) is 0 Å². The van der Waals surface area contributed by atoms with Crippen molar-refractivity contribution in [3.8, 4) is 0 Å². The van der Waals surface area contributed by atoms with E-state index in [0.717, 1.165) is 19.5 Å². The fraction of sp³-hybridized carbons (Fsp3) is 0.588. The highest BCUT2D eigenvalue weighted by molar-refractivity contribution is 5.71. The van der Waals surface area contributed by atoms with Gasteiger partial charge in [-0.05, 0) is 36.9 Å². The Bertz CT molecular complexity index is 398. The van der Waals surface area contributed by atoms with Gasteiger partial charge < -0.3 is 4.74 Å². The van der Waals surface area contributed by atoms with E-state index in [1.165, 1.54) is 11.1 Å². The van der Waals surface area contributed by atoms with Gasteiger partial charge in [0.25, 0.3) is 0 Å². The van der Waals surface area contributed by atoms with E-state index in [0.29, 0.717) is 19.1 Å². The van der Waals surface area contributed by atoms with Crippen molar-refractivity contribution in [2.45, 2.75) is 46.6 Å². The molecule has 0 aliphatic heterocycles. The third-order valence-corrected chi connectivity index (χ3v) is 3.25. The summed E-state index contributed by atoms with van der Waals surface area (Å²) >= 11 is 0. The molecule has 0 spiro atoms. The molecule has 0 N–H and O–H groups in total. The topological polar surface area (TPSA) is 29.5 Å². The number of hydrogen-bond acceptors (Lipinski definition) is 3. The first-order chi connectivity index (χ1) is 9.56. The van der Waals surface area contributed by atoms with Crippen LogP contribution >= 0.6 is 0 Å². The smallest absolute Gasteiger partial charge is 0.320 e. The van der Waals surface area contributed by atoms with Crippen LogP contribution in [0.25, 0.3) is 0 Å². The van der Waals surface area contributed by atoms with E-state index in [4.69, 9.17) is 4.74 Å². The highest BCUT2D eigenvalue weighted by atomic mass is 16.5. The summed E-state index contributed by atoms with van der Waals surface area (Å²) in [7, 11) is 0. The minimum absolute atomic E-state index is 0.139. The van der Waals surface area contributed by atoms with Gasteiger partial charge in [-0.3, -0.25) is 9.69 Å². The Morgan fingerprint density at radius 1 is 1.20 bits per heavy atom. The maximum atomic E-state index is 11.6. The molecule has 0 aromatic heterocycles.